The van der Waals surface area contributed by atoms with Crippen LogP contribution < -0.4 is 5.32 Å². The fourth-order valence-electron chi connectivity index (χ4n) is 2.43. The zero-order chi connectivity index (χ0) is 14.8. The molecule has 3 rings (SSSR count). The summed E-state index contributed by atoms with van der Waals surface area (Å²) >= 11 is 0. The highest BCUT2D eigenvalue weighted by atomic mass is 16.3. The van der Waals surface area contributed by atoms with Crippen LogP contribution in [-0.2, 0) is 11.2 Å². The van der Waals surface area contributed by atoms with Crippen LogP contribution >= 0.6 is 0 Å². The number of amides is 1. The SMILES string of the molecule is Cc1cccc(NC(=O)Cc2coc3ccc(C)cc23)c1. The maximum absolute atomic E-state index is 12.2. The summed E-state index contributed by atoms with van der Waals surface area (Å²) in [6.45, 7) is 4.03. The van der Waals surface area contributed by atoms with E-state index in [2.05, 4.69) is 5.32 Å². The number of hydrogen-bond acceptors (Lipinski definition) is 2. The average Bonchev–Trinajstić information content (AvgIpc) is 2.81. The van der Waals surface area contributed by atoms with Gasteiger partial charge >= 0.3 is 0 Å². The van der Waals surface area contributed by atoms with Crippen LogP contribution in [0.3, 0.4) is 0 Å². The standard InChI is InChI=1S/C18H17NO2/c1-12-4-3-5-15(8-12)19-18(20)10-14-11-21-17-7-6-13(2)9-16(14)17/h3-9,11H,10H2,1-2H3,(H,19,20). The number of benzene rings is 2. The third-order valence-electron chi connectivity index (χ3n) is 3.46. The van der Waals surface area contributed by atoms with Gasteiger partial charge in [-0.2, -0.15) is 0 Å². The Balaban J connectivity index is 1.79. The molecular formula is C18H17NO2. The molecule has 0 atom stereocenters. The number of aryl methyl sites for hydroxylation is 2. The van der Waals surface area contributed by atoms with Crippen molar-refractivity contribution in [2.45, 2.75) is 20.3 Å². The minimum absolute atomic E-state index is 0.0372. The summed E-state index contributed by atoms with van der Waals surface area (Å²) in [5, 5.41) is 3.93. The van der Waals surface area contributed by atoms with Crippen molar-refractivity contribution in [2.24, 2.45) is 0 Å². The summed E-state index contributed by atoms with van der Waals surface area (Å²) in [4.78, 5) is 12.2. The summed E-state index contributed by atoms with van der Waals surface area (Å²) in [6.07, 6.45) is 1.98. The summed E-state index contributed by atoms with van der Waals surface area (Å²) < 4.78 is 5.49. The molecule has 0 spiro atoms. The number of fused-ring (bicyclic) bond motifs is 1. The van der Waals surface area contributed by atoms with Gasteiger partial charge in [0, 0.05) is 16.6 Å². The molecule has 0 bridgehead atoms. The van der Waals surface area contributed by atoms with Gasteiger partial charge in [0.15, 0.2) is 0 Å². The molecule has 1 aromatic heterocycles. The van der Waals surface area contributed by atoms with Crippen LogP contribution in [0.2, 0.25) is 0 Å². The van der Waals surface area contributed by atoms with Crippen molar-refractivity contribution in [3.63, 3.8) is 0 Å². The molecule has 21 heavy (non-hydrogen) atoms. The molecule has 0 unspecified atom stereocenters. The molecule has 2 aromatic carbocycles. The molecule has 0 saturated heterocycles. The van der Waals surface area contributed by atoms with E-state index in [0.717, 1.165) is 33.3 Å². The average molecular weight is 279 g/mol. The molecule has 1 N–H and O–H groups in total. The number of nitrogens with one attached hydrogen (secondary N) is 1. The van der Waals surface area contributed by atoms with Gasteiger partial charge in [-0.1, -0.05) is 23.8 Å². The Labute approximate surface area is 123 Å². The number of hydrogen-bond donors (Lipinski definition) is 1. The molecule has 1 amide bonds. The quantitative estimate of drug-likeness (QED) is 0.779. The van der Waals surface area contributed by atoms with Crippen molar-refractivity contribution in [1.29, 1.82) is 0 Å². The first-order valence-electron chi connectivity index (χ1n) is 6.95. The van der Waals surface area contributed by atoms with Gasteiger partial charge in [0.1, 0.15) is 5.58 Å². The smallest absolute Gasteiger partial charge is 0.228 e. The minimum Gasteiger partial charge on any atom is -0.464 e. The first kappa shape index (κ1) is 13.4. The maximum Gasteiger partial charge on any atom is 0.228 e. The molecule has 0 aliphatic carbocycles. The molecule has 106 valence electrons. The Morgan fingerprint density at radius 2 is 1.90 bits per heavy atom. The zero-order valence-electron chi connectivity index (χ0n) is 12.1. The van der Waals surface area contributed by atoms with Crippen molar-refractivity contribution in [2.75, 3.05) is 5.32 Å². The van der Waals surface area contributed by atoms with E-state index in [1.807, 2.05) is 56.3 Å². The number of carbonyl (C=O) groups is 1. The van der Waals surface area contributed by atoms with Crippen LogP contribution in [0, 0.1) is 13.8 Å². The van der Waals surface area contributed by atoms with Gasteiger partial charge in [-0.05, 0) is 43.7 Å². The Bertz CT molecular complexity index is 802. The van der Waals surface area contributed by atoms with Gasteiger partial charge in [-0.15, -0.1) is 0 Å². The van der Waals surface area contributed by atoms with Crippen LogP contribution in [0.1, 0.15) is 16.7 Å². The van der Waals surface area contributed by atoms with Crippen LogP contribution in [0.25, 0.3) is 11.0 Å². The molecule has 3 aromatic rings. The Morgan fingerprint density at radius 1 is 1.10 bits per heavy atom. The Kier molecular flexibility index (Phi) is 3.48. The highest BCUT2D eigenvalue weighted by Crippen LogP contribution is 2.23. The first-order chi connectivity index (χ1) is 10.1. The summed E-state index contributed by atoms with van der Waals surface area (Å²) in [7, 11) is 0. The highest BCUT2D eigenvalue weighted by molar-refractivity contribution is 5.95. The second-order valence-corrected chi connectivity index (χ2v) is 5.35. The van der Waals surface area contributed by atoms with Gasteiger partial charge in [0.2, 0.25) is 5.91 Å². The third kappa shape index (κ3) is 2.97. The lowest BCUT2D eigenvalue weighted by molar-refractivity contribution is -0.115. The van der Waals surface area contributed by atoms with Crippen molar-refractivity contribution < 1.29 is 9.21 Å². The van der Waals surface area contributed by atoms with Crippen LogP contribution in [0.4, 0.5) is 5.69 Å². The molecule has 1 heterocycles. The van der Waals surface area contributed by atoms with Crippen molar-refractivity contribution in [1.82, 2.24) is 0 Å². The van der Waals surface area contributed by atoms with Gasteiger partial charge in [-0.25, -0.2) is 0 Å². The lowest BCUT2D eigenvalue weighted by Gasteiger charge is -2.05. The minimum atomic E-state index is -0.0372. The molecule has 0 saturated carbocycles. The largest absolute Gasteiger partial charge is 0.464 e. The van der Waals surface area contributed by atoms with E-state index in [0.29, 0.717) is 6.42 Å². The normalized spacial score (nSPS) is 10.8. The summed E-state index contributed by atoms with van der Waals surface area (Å²) in [5.74, 6) is -0.0372. The highest BCUT2D eigenvalue weighted by Gasteiger charge is 2.10. The van der Waals surface area contributed by atoms with Crippen molar-refractivity contribution in [3.8, 4) is 0 Å². The lowest BCUT2D eigenvalue weighted by atomic mass is 10.1. The molecule has 0 aliphatic rings. The first-order valence-corrected chi connectivity index (χ1v) is 6.95. The van der Waals surface area contributed by atoms with E-state index >= 15 is 0 Å². The Morgan fingerprint density at radius 3 is 2.71 bits per heavy atom. The van der Waals surface area contributed by atoms with Crippen molar-refractivity contribution >= 4 is 22.6 Å². The zero-order valence-corrected chi connectivity index (χ0v) is 12.1. The predicted octanol–water partition coefficient (Wildman–Crippen LogP) is 4.23. The van der Waals surface area contributed by atoms with E-state index in [4.69, 9.17) is 4.42 Å². The van der Waals surface area contributed by atoms with E-state index < -0.39 is 0 Å². The van der Waals surface area contributed by atoms with Gasteiger partial charge < -0.3 is 9.73 Å². The van der Waals surface area contributed by atoms with Crippen LogP contribution in [-0.4, -0.2) is 5.91 Å². The number of furan rings is 1. The number of rotatable bonds is 3. The molecule has 3 nitrogen and oxygen atoms in total. The van der Waals surface area contributed by atoms with E-state index in [1.165, 1.54) is 0 Å². The van der Waals surface area contributed by atoms with Gasteiger partial charge in [0.05, 0.1) is 12.7 Å². The summed E-state index contributed by atoms with van der Waals surface area (Å²) in [5.41, 5.74) is 4.84. The molecule has 3 heteroatoms. The third-order valence-corrected chi connectivity index (χ3v) is 3.46. The van der Waals surface area contributed by atoms with E-state index in [-0.39, 0.29) is 5.91 Å². The Hall–Kier alpha value is -2.55. The lowest BCUT2D eigenvalue weighted by Crippen LogP contribution is -2.14. The van der Waals surface area contributed by atoms with Gasteiger partial charge in [-0.3, -0.25) is 4.79 Å². The van der Waals surface area contributed by atoms with Gasteiger partial charge in [0.25, 0.3) is 0 Å². The predicted molar refractivity (Wildman–Crippen MR) is 84.5 cm³/mol. The van der Waals surface area contributed by atoms with Crippen LogP contribution in [0.5, 0.6) is 0 Å². The molecule has 0 radical (unpaired) electrons. The van der Waals surface area contributed by atoms with Crippen LogP contribution in [0.15, 0.2) is 53.1 Å². The number of carbonyl (C=O) groups excluding carboxylic acids is 1. The summed E-state index contributed by atoms with van der Waals surface area (Å²) in [6, 6.07) is 13.8. The number of anilines is 1. The fourth-order valence-corrected chi connectivity index (χ4v) is 2.43. The fraction of sp³-hybridized carbons (Fsp3) is 0.167. The maximum atomic E-state index is 12.2. The molecule has 0 fully saturated rings. The second kappa shape index (κ2) is 5.44. The molecule has 0 aliphatic heterocycles. The van der Waals surface area contributed by atoms with E-state index in [1.54, 1.807) is 6.26 Å². The monoisotopic (exact) mass is 279 g/mol. The molecular weight excluding hydrogens is 262 g/mol. The van der Waals surface area contributed by atoms with E-state index in [9.17, 15) is 4.79 Å². The topological polar surface area (TPSA) is 42.2 Å². The second-order valence-electron chi connectivity index (χ2n) is 5.35. The van der Waals surface area contributed by atoms with Crippen molar-refractivity contribution in [3.05, 3.63) is 65.4 Å².